The summed E-state index contributed by atoms with van der Waals surface area (Å²) in [6.07, 6.45) is 6.02. The van der Waals surface area contributed by atoms with Gasteiger partial charge in [0, 0.05) is 37.1 Å². The highest BCUT2D eigenvalue weighted by Crippen LogP contribution is 2.35. The molecule has 0 saturated carbocycles. The molecule has 29 heavy (non-hydrogen) atoms. The van der Waals surface area contributed by atoms with Crippen LogP contribution in [0.2, 0.25) is 10.0 Å². The minimum Gasteiger partial charge on any atom is -0.347 e. The standard InChI is InChI=1S/C21H16Cl2N4O2/c22-16-2-1-5-25-20(16)21(29)26-10-12-6-15(11-24-9-12)14-7-13-3-4-18(28)27-19(13)17(23)8-14/h1-2,5-9,11H,3-4,10H2,(H,26,29)(H,27,28). The summed E-state index contributed by atoms with van der Waals surface area (Å²) in [6, 6.07) is 9.04. The fourth-order valence-electron chi connectivity index (χ4n) is 3.18. The molecular weight excluding hydrogens is 411 g/mol. The first-order valence-electron chi connectivity index (χ1n) is 8.96. The normalized spacial score (nSPS) is 12.8. The minimum atomic E-state index is -0.353. The summed E-state index contributed by atoms with van der Waals surface area (Å²) in [5, 5.41) is 6.42. The van der Waals surface area contributed by atoms with Crippen molar-refractivity contribution in [3.05, 3.63) is 75.8 Å². The number of carbonyl (C=O) groups is 2. The summed E-state index contributed by atoms with van der Waals surface area (Å²) in [5.41, 5.74) is 4.45. The Morgan fingerprint density at radius 2 is 1.97 bits per heavy atom. The van der Waals surface area contributed by atoms with Crippen molar-refractivity contribution in [2.75, 3.05) is 5.32 Å². The summed E-state index contributed by atoms with van der Waals surface area (Å²) in [5.74, 6) is -0.381. The first kappa shape index (κ1) is 19.4. The number of halogens is 2. The molecule has 2 amide bonds. The van der Waals surface area contributed by atoms with Crippen molar-refractivity contribution < 1.29 is 9.59 Å². The van der Waals surface area contributed by atoms with E-state index in [9.17, 15) is 9.59 Å². The first-order chi connectivity index (χ1) is 14.0. The van der Waals surface area contributed by atoms with Gasteiger partial charge in [-0.15, -0.1) is 0 Å². The van der Waals surface area contributed by atoms with Crippen LogP contribution in [0.1, 0.15) is 28.0 Å². The number of rotatable bonds is 4. The van der Waals surface area contributed by atoms with Gasteiger partial charge in [-0.2, -0.15) is 0 Å². The summed E-state index contributed by atoms with van der Waals surface area (Å²) >= 11 is 12.4. The fraction of sp³-hybridized carbons (Fsp3) is 0.143. The van der Waals surface area contributed by atoms with Crippen LogP contribution in [0.4, 0.5) is 5.69 Å². The molecule has 1 aliphatic heterocycles. The number of anilines is 1. The molecule has 8 heteroatoms. The molecule has 1 aliphatic rings. The molecule has 4 rings (SSSR count). The Bertz CT molecular complexity index is 1120. The zero-order chi connectivity index (χ0) is 20.4. The van der Waals surface area contributed by atoms with Crippen LogP contribution in [-0.2, 0) is 17.8 Å². The highest BCUT2D eigenvalue weighted by molar-refractivity contribution is 6.34. The molecule has 2 N–H and O–H groups in total. The van der Waals surface area contributed by atoms with Crippen LogP contribution in [0.3, 0.4) is 0 Å². The number of amides is 2. The molecule has 3 aromatic rings. The lowest BCUT2D eigenvalue weighted by atomic mass is 9.97. The third-order valence-electron chi connectivity index (χ3n) is 4.61. The van der Waals surface area contributed by atoms with Crippen LogP contribution in [0, 0.1) is 0 Å². The third-order valence-corrected chi connectivity index (χ3v) is 5.22. The van der Waals surface area contributed by atoms with E-state index in [-0.39, 0.29) is 24.1 Å². The zero-order valence-electron chi connectivity index (χ0n) is 15.2. The number of benzene rings is 1. The number of nitrogens with zero attached hydrogens (tertiary/aromatic N) is 2. The first-order valence-corrected chi connectivity index (χ1v) is 9.72. The quantitative estimate of drug-likeness (QED) is 0.652. The number of pyridine rings is 2. The highest BCUT2D eigenvalue weighted by Gasteiger charge is 2.19. The lowest BCUT2D eigenvalue weighted by Crippen LogP contribution is -2.24. The maximum absolute atomic E-state index is 12.3. The van der Waals surface area contributed by atoms with Gasteiger partial charge in [-0.1, -0.05) is 23.2 Å². The van der Waals surface area contributed by atoms with Gasteiger partial charge >= 0.3 is 0 Å². The Morgan fingerprint density at radius 3 is 2.79 bits per heavy atom. The van der Waals surface area contributed by atoms with E-state index >= 15 is 0 Å². The Hall–Kier alpha value is -2.96. The fourth-order valence-corrected chi connectivity index (χ4v) is 3.67. The molecule has 0 aliphatic carbocycles. The van der Waals surface area contributed by atoms with Crippen molar-refractivity contribution in [3.63, 3.8) is 0 Å². The molecule has 0 spiro atoms. The monoisotopic (exact) mass is 426 g/mol. The molecule has 146 valence electrons. The van der Waals surface area contributed by atoms with E-state index in [1.54, 1.807) is 30.6 Å². The van der Waals surface area contributed by atoms with Gasteiger partial charge in [0.15, 0.2) is 0 Å². The van der Waals surface area contributed by atoms with E-state index in [2.05, 4.69) is 20.6 Å². The molecular formula is C21H16Cl2N4O2. The van der Waals surface area contributed by atoms with Gasteiger partial charge in [-0.25, -0.2) is 4.98 Å². The highest BCUT2D eigenvalue weighted by atomic mass is 35.5. The van der Waals surface area contributed by atoms with E-state index in [1.165, 1.54) is 6.20 Å². The summed E-state index contributed by atoms with van der Waals surface area (Å²) < 4.78 is 0. The van der Waals surface area contributed by atoms with Crippen molar-refractivity contribution in [2.24, 2.45) is 0 Å². The van der Waals surface area contributed by atoms with Gasteiger partial charge in [-0.3, -0.25) is 14.6 Å². The predicted octanol–water partition coefficient (Wildman–Crippen LogP) is 4.27. The van der Waals surface area contributed by atoms with Gasteiger partial charge < -0.3 is 10.6 Å². The number of fused-ring (bicyclic) bond motifs is 1. The van der Waals surface area contributed by atoms with E-state index in [1.807, 2.05) is 12.1 Å². The lowest BCUT2D eigenvalue weighted by Gasteiger charge is -2.19. The maximum Gasteiger partial charge on any atom is 0.271 e. The molecule has 2 aromatic heterocycles. The summed E-state index contributed by atoms with van der Waals surface area (Å²) in [4.78, 5) is 32.2. The van der Waals surface area contributed by atoms with Crippen molar-refractivity contribution in [1.82, 2.24) is 15.3 Å². The smallest absolute Gasteiger partial charge is 0.271 e. The maximum atomic E-state index is 12.3. The largest absolute Gasteiger partial charge is 0.347 e. The minimum absolute atomic E-state index is 0.0282. The molecule has 6 nitrogen and oxygen atoms in total. The van der Waals surface area contributed by atoms with Crippen molar-refractivity contribution in [2.45, 2.75) is 19.4 Å². The van der Waals surface area contributed by atoms with E-state index in [4.69, 9.17) is 23.2 Å². The average molecular weight is 427 g/mol. The number of carbonyl (C=O) groups excluding carboxylic acids is 2. The van der Waals surface area contributed by atoms with E-state index < -0.39 is 0 Å². The number of hydrogen-bond donors (Lipinski definition) is 2. The Labute approximate surface area is 177 Å². The van der Waals surface area contributed by atoms with Crippen LogP contribution in [0.5, 0.6) is 0 Å². The molecule has 3 heterocycles. The van der Waals surface area contributed by atoms with Gasteiger partial charge in [0.1, 0.15) is 5.69 Å². The number of hydrogen-bond acceptors (Lipinski definition) is 4. The second-order valence-electron chi connectivity index (χ2n) is 6.64. The van der Waals surface area contributed by atoms with E-state index in [0.29, 0.717) is 28.6 Å². The third kappa shape index (κ3) is 4.23. The number of aryl methyl sites for hydroxylation is 1. The second-order valence-corrected chi connectivity index (χ2v) is 7.45. The SMILES string of the molecule is O=C1CCc2cc(-c3cncc(CNC(=O)c4ncccc4Cl)c3)cc(Cl)c2N1. The number of aromatic nitrogens is 2. The van der Waals surface area contributed by atoms with Crippen LogP contribution in [0.15, 0.2) is 48.9 Å². The Morgan fingerprint density at radius 1 is 1.10 bits per heavy atom. The summed E-state index contributed by atoms with van der Waals surface area (Å²) in [6.45, 7) is 0.279. The average Bonchev–Trinajstić information content (AvgIpc) is 2.73. The molecule has 0 unspecified atom stereocenters. The molecule has 0 fully saturated rings. The van der Waals surface area contributed by atoms with Gasteiger partial charge in [0.25, 0.3) is 5.91 Å². The second kappa shape index (κ2) is 8.19. The number of nitrogens with one attached hydrogen (secondary N) is 2. The van der Waals surface area contributed by atoms with Crippen LogP contribution in [0.25, 0.3) is 11.1 Å². The van der Waals surface area contributed by atoms with E-state index in [0.717, 1.165) is 22.3 Å². The van der Waals surface area contributed by atoms with Crippen LogP contribution >= 0.6 is 23.2 Å². The van der Waals surface area contributed by atoms with Crippen molar-refractivity contribution in [3.8, 4) is 11.1 Å². The Kier molecular flexibility index (Phi) is 5.47. The van der Waals surface area contributed by atoms with Crippen molar-refractivity contribution >= 4 is 40.7 Å². The molecule has 0 saturated heterocycles. The van der Waals surface area contributed by atoms with Crippen LogP contribution < -0.4 is 10.6 Å². The topological polar surface area (TPSA) is 84.0 Å². The molecule has 0 radical (unpaired) electrons. The van der Waals surface area contributed by atoms with Gasteiger partial charge in [0.2, 0.25) is 5.91 Å². The molecule has 1 aromatic carbocycles. The predicted molar refractivity (Wildman–Crippen MR) is 112 cm³/mol. The Balaban J connectivity index is 1.54. The van der Waals surface area contributed by atoms with Crippen LogP contribution in [-0.4, -0.2) is 21.8 Å². The van der Waals surface area contributed by atoms with Gasteiger partial charge in [0.05, 0.1) is 15.7 Å². The molecule has 0 bridgehead atoms. The summed E-state index contributed by atoms with van der Waals surface area (Å²) in [7, 11) is 0. The zero-order valence-corrected chi connectivity index (χ0v) is 16.7. The van der Waals surface area contributed by atoms with Gasteiger partial charge in [-0.05, 0) is 53.4 Å². The van der Waals surface area contributed by atoms with Crippen molar-refractivity contribution in [1.29, 1.82) is 0 Å². The molecule has 0 atom stereocenters. The lowest BCUT2D eigenvalue weighted by molar-refractivity contribution is -0.116.